The first-order valence-electron chi connectivity index (χ1n) is 9.91. The molecule has 0 spiro atoms. The van der Waals surface area contributed by atoms with Gasteiger partial charge in [-0.1, -0.05) is 17.8 Å². The molecule has 0 unspecified atom stereocenters. The van der Waals surface area contributed by atoms with Crippen molar-refractivity contribution in [2.75, 3.05) is 16.8 Å². The molecule has 1 aliphatic rings. The normalized spacial score (nSPS) is 14.9. The van der Waals surface area contributed by atoms with Crippen LogP contribution in [0.15, 0.2) is 36.7 Å². The Kier molecular flexibility index (Phi) is 5.72. The summed E-state index contributed by atoms with van der Waals surface area (Å²) < 4.78 is 14.3. The Morgan fingerprint density at radius 3 is 2.70 bits per heavy atom. The van der Waals surface area contributed by atoms with Crippen molar-refractivity contribution in [3.63, 3.8) is 0 Å². The van der Waals surface area contributed by atoms with Crippen LogP contribution in [0.5, 0.6) is 0 Å². The largest absolute Gasteiger partial charge is 0.368 e. The third-order valence-electron chi connectivity index (χ3n) is 5.48. The van der Waals surface area contributed by atoms with Crippen LogP contribution in [0.3, 0.4) is 0 Å². The van der Waals surface area contributed by atoms with Crippen LogP contribution in [0.25, 0.3) is 10.7 Å². The quantitative estimate of drug-likeness (QED) is 0.548. The van der Waals surface area contributed by atoms with Gasteiger partial charge in [-0.3, -0.25) is 9.78 Å². The van der Waals surface area contributed by atoms with Gasteiger partial charge in [-0.15, -0.1) is 10.2 Å². The van der Waals surface area contributed by atoms with Crippen LogP contribution in [-0.2, 0) is 10.2 Å². The zero-order chi connectivity index (χ0) is 21.1. The zero-order valence-corrected chi connectivity index (χ0v) is 17.7. The van der Waals surface area contributed by atoms with Crippen molar-refractivity contribution in [1.82, 2.24) is 20.2 Å². The van der Waals surface area contributed by atoms with Crippen molar-refractivity contribution in [2.45, 2.75) is 44.6 Å². The molecule has 0 radical (unpaired) electrons. The summed E-state index contributed by atoms with van der Waals surface area (Å²) in [5.74, 6) is 0.362. The van der Waals surface area contributed by atoms with Gasteiger partial charge in [-0.2, -0.15) is 0 Å². The van der Waals surface area contributed by atoms with Gasteiger partial charge >= 0.3 is 0 Å². The maximum Gasteiger partial charge on any atom is 0.215 e. The number of rotatable bonds is 8. The molecular weight excluding hydrogens is 403 g/mol. The van der Waals surface area contributed by atoms with Gasteiger partial charge < -0.3 is 10.2 Å². The number of halogens is 1. The molecule has 3 aromatic heterocycles. The number of pyridine rings is 1. The van der Waals surface area contributed by atoms with Crippen LogP contribution in [0.4, 0.5) is 15.2 Å². The number of nitrogens with zero attached hydrogens (tertiary/aromatic N) is 5. The minimum absolute atomic E-state index is 0.0521. The third-order valence-corrected chi connectivity index (χ3v) is 6.51. The number of thiazole rings is 1. The van der Waals surface area contributed by atoms with Crippen molar-refractivity contribution in [3.05, 3.63) is 48.2 Å². The topological polar surface area (TPSA) is 83.9 Å². The molecule has 0 atom stereocenters. The lowest BCUT2D eigenvalue weighted by atomic mass is 9.66. The van der Waals surface area contributed by atoms with E-state index in [1.54, 1.807) is 23.4 Å². The van der Waals surface area contributed by atoms with Crippen LogP contribution in [-0.4, -0.2) is 39.2 Å². The van der Waals surface area contributed by atoms with E-state index in [2.05, 4.69) is 25.5 Å². The molecule has 3 aromatic rings. The summed E-state index contributed by atoms with van der Waals surface area (Å²) in [5.41, 5.74) is 0.861. The van der Waals surface area contributed by atoms with E-state index < -0.39 is 0 Å². The number of nitrogens with one attached hydrogen (secondary N) is 1. The second-order valence-corrected chi connectivity index (χ2v) is 8.74. The highest BCUT2D eigenvalue weighted by Crippen LogP contribution is 2.43. The molecule has 1 aliphatic carbocycles. The fraction of sp³-hybridized carbons (Fsp3) is 0.381. The third kappa shape index (κ3) is 3.89. The molecule has 0 saturated heterocycles. The van der Waals surface area contributed by atoms with Gasteiger partial charge in [0.2, 0.25) is 6.41 Å². The number of hydrogen-bond donors (Lipinski definition) is 1. The molecule has 1 N–H and O–H groups in total. The lowest BCUT2D eigenvalue weighted by Gasteiger charge is -2.41. The van der Waals surface area contributed by atoms with Crippen molar-refractivity contribution in [3.8, 4) is 10.7 Å². The van der Waals surface area contributed by atoms with E-state index in [0.717, 1.165) is 30.7 Å². The predicted octanol–water partition coefficient (Wildman–Crippen LogP) is 4.04. The van der Waals surface area contributed by atoms with Crippen LogP contribution >= 0.6 is 11.3 Å². The average Bonchev–Trinajstić information content (AvgIpc) is 3.19. The molecule has 1 fully saturated rings. The molecule has 1 saturated carbocycles. The second-order valence-electron chi connectivity index (χ2n) is 7.74. The number of anilines is 2. The molecule has 0 aliphatic heterocycles. The molecule has 0 aromatic carbocycles. The predicted molar refractivity (Wildman–Crippen MR) is 115 cm³/mol. The zero-order valence-electron chi connectivity index (χ0n) is 16.9. The smallest absolute Gasteiger partial charge is 0.215 e. The van der Waals surface area contributed by atoms with E-state index in [1.807, 2.05) is 26.0 Å². The van der Waals surface area contributed by atoms with Gasteiger partial charge in [0.05, 0.1) is 11.9 Å². The Balaban J connectivity index is 1.45. The highest BCUT2D eigenvalue weighted by Gasteiger charge is 2.41. The Bertz CT molecular complexity index is 1020. The molecule has 0 bridgehead atoms. The lowest BCUT2D eigenvalue weighted by molar-refractivity contribution is -0.107. The first-order chi connectivity index (χ1) is 14.5. The molecule has 1 amide bonds. The van der Waals surface area contributed by atoms with E-state index >= 15 is 0 Å². The first kappa shape index (κ1) is 20.3. The van der Waals surface area contributed by atoms with Gasteiger partial charge in [-0.25, -0.2) is 9.37 Å². The van der Waals surface area contributed by atoms with Crippen molar-refractivity contribution >= 4 is 28.6 Å². The molecule has 9 heteroatoms. The summed E-state index contributed by atoms with van der Waals surface area (Å²) in [6, 6.07) is 6.81. The number of carbonyl (C=O) groups is 1. The standard InChI is InChI=1S/C21H23FN6OS/c1-14(2)28(13-29)18-11-24-20(30-18)16-6-7-17(27-26-16)25-12-21(8-4-9-21)19-15(22)5-3-10-23-19/h3,5-7,10-11,13-14H,4,8-9,12H2,1-2H3,(H,25,27). The van der Waals surface area contributed by atoms with E-state index in [0.29, 0.717) is 28.8 Å². The van der Waals surface area contributed by atoms with Crippen LogP contribution in [0.1, 0.15) is 38.8 Å². The minimum atomic E-state index is -0.301. The molecule has 3 heterocycles. The van der Waals surface area contributed by atoms with Crippen LogP contribution < -0.4 is 10.2 Å². The van der Waals surface area contributed by atoms with Gasteiger partial charge in [-0.05, 0) is 51.0 Å². The Labute approximate surface area is 178 Å². The monoisotopic (exact) mass is 426 g/mol. The number of amides is 1. The number of aromatic nitrogens is 4. The van der Waals surface area contributed by atoms with Crippen LogP contribution in [0, 0.1) is 5.82 Å². The van der Waals surface area contributed by atoms with Crippen molar-refractivity contribution < 1.29 is 9.18 Å². The maximum absolute atomic E-state index is 14.3. The molecule has 30 heavy (non-hydrogen) atoms. The number of carbonyl (C=O) groups excluding carboxylic acids is 1. The van der Waals surface area contributed by atoms with E-state index in [1.165, 1.54) is 17.4 Å². The molecule has 156 valence electrons. The van der Waals surface area contributed by atoms with E-state index in [-0.39, 0.29) is 17.3 Å². The van der Waals surface area contributed by atoms with Crippen molar-refractivity contribution in [2.24, 2.45) is 0 Å². The van der Waals surface area contributed by atoms with Crippen molar-refractivity contribution in [1.29, 1.82) is 0 Å². The Hall–Kier alpha value is -2.94. The van der Waals surface area contributed by atoms with E-state index in [4.69, 9.17) is 0 Å². The summed E-state index contributed by atoms with van der Waals surface area (Å²) >= 11 is 1.39. The van der Waals surface area contributed by atoms with E-state index in [9.17, 15) is 9.18 Å². The first-order valence-corrected chi connectivity index (χ1v) is 10.7. The molecule has 4 rings (SSSR count). The fourth-order valence-corrected chi connectivity index (χ4v) is 4.59. The summed E-state index contributed by atoms with van der Waals surface area (Å²) in [6.45, 7) is 4.44. The van der Waals surface area contributed by atoms with Gasteiger partial charge in [0.1, 0.15) is 27.3 Å². The summed E-state index contributed by atoms with van der Waals surface area (Å²) in [7, 11) is 0. The fourth-order valence-electron chi connectivity index (χ4n) is 3.61. The Morgan fingerprint density at radius 1 is 1.27 bits per heavy atom. The highest BCUT2D eigenvalue weighted by atomic mass is 32.1. The van der Waals surface area contributed by atoms with Crippen LogP contribution in [0.2, 0.25) is 0 Å². The summed E-state index contributed by atoms with van der Waals surface area (Å²) in [6.07, 6.45) is 6.96. The molecule has 7 nitrogen and oxygen atoms in total. The molecular formula is C21H23FN6OS. The van der Waals surface area contributed by atoms with Gasteiger partial charge in [0.25, 0.3) is 0 Å². The van der Waals surface area contributed by atoms with Gasteiger partial charge in [0, 0.05) is 24.2 Å². The summed E-state index contributed by atoms with van der Waals surface area (Å²) in [4.78, 5) is 21.6. The average molecular weight is 427 g/mol. The lowest BCUT2D eigenvalue weighted by Crippen LogP contribution is -2.42. The second kappa shape index (κ2) is 8.43. The van der Waals surface area contributed by atoms with Gasteiger partial charge in [0.15, 0.2) is 0 Å². The Morgan fingerprint density at radius 2 is 2.10 bits per heavy atom. The summed E-state index contributed by atoms with van der Waals surface area (Å²) in [5, 5.41) is 13.3. The SMILES string of the molecule is CC(C)N(C=O)c1cnc(-c2ccc(NCC3(c4ncccc4F)CCC3)nn2)s1. The maximum atomic E-state index is 14.3. The highest BCUT2D eigenvalue weighted by molar-refractivity contribution is 7.19. The minimum Gasteiger partial charge on any atom is -0.368 e. The number of hydrogen-bond acceptors (Lipinski definition) is 7.